The second kappa shape index (κ2) is 10.5. The van der Waals surface area contributed by atoms with Crippen LogP contribution in [0.1, 0.15) is 43.7 Å². The standard InChI is InChI=1S/C24H32FN7O3/c1-29(12-4-6-18-14-19(28-27-18)16-8-10-17(25)11-9-16)20(33)7-5-13-32-15-26-22-21(32)23(34)31(3)24(35)30(22)2/h8-11,15,18-19,27-28H,4-7,12-14H2,1-3H3. The van der Waals surface area contributed by atoms with Gasteiger partial charge in [0.1, 0.15) is 5.82 Å². The molecule has 0 bridgehead atoms. The van der Waals surface area contributed by atoms with Gasteiger partial charge in [0, 0.05) is 52.7 Å². The number of carbonyl (C=O) groups is 1. The molecule has 10 nitrogen and oxygen atoms in total. The van der Waals surface area contributed by atoms with E-state index >= 15 is 0 Å². The predicted octanol–water partition coefficient (Wildman–Crippen LogP) is 1.20. The molecule has 188 valence electrons. The highest BCUT2D eigenvalue weighted by Gasteiger charge is 2.24. The van der Waals surface area contributed by atoms with Gasteiger partial charge in [-0.25, -0.2) is 14.2 Å². The molecule has 1 aliphatic rings. The smallest absolute Gasteiger partial charge is 0.332 e. The zero-order valence-electron chi connectivity index (χ0n) is 20.3. The molecule has 0 radical (unpaired) electrons. The summed E-state index contributed by atoms with van der Waals surface area (Å²) in [4.78, 5) is 43.1. The van der Waals surface area contributed by atoms with E-state index in [2.05, 4.69) is 15.8 Å². The first-order valence-corrected chi connectivity index (χ1v) is 11.9. The molecule has 2 atom stereocenters. The summed E-state index contributed by atoms with van der Waals surface area (Å²) < 4.78 is 17.3. The fraction of sp³-hybridized carbons (Fsp3) is 0.500. The molecule has 35 heavy (non-hydrogen) atoms. The van der Waals surface area contributed by atoms with Crippen LogP contribution in [0.4, 0.5) is 4.39 Å². The Morgan fingerprint density at radius 3 is 2.63 bits per heavy atom. The number of hydrogen-bond donors (Lipinski definition) is 2. The number of fused-ring (bicyclic) bond motifs is 1. The molecule has 2 N–H and O–H groups in total. The molecule has 0 spiro atoms. The van der Waals surface area contributed by atoms with Crippen LogP contribution in [0.25, 0.3) is 11.2 Å². The minimum Gasteiger partial charge on any atom is -0.346 e. The van der Waals surface area contributed by atoms with Crippen molar-refractivity contribution >= 4 is 17.1 Å². The van der Waals surface area contributed by atoms with Crippen LogP contribution in [0.15, 0.2) is 40.2 Å². The molecule has 3 aromatic rings. The number of amides is 1. The summed E-state index contributed by atoms with van der Waals surface area (Å²) in [6.45, 7) is 1.13. The molecular weight excluding hydrogens is 453 g/mol. The van der Waals surface area contributed by atoms with Crippen LogP contribution in [-0.4, -0.2) is 49.1 Å². The Labute approximate surface area is 202 Å². The zero-order chi connectivity index (χ0) is 25.1. The van der Waals surface area contributed by atoms with Crippen molar-refractivity contribution in [1.29, 1.82) is 0 Å². The average molecular weight is 486 g/mol. The minimum atomic E-state index is -0.417. The molecule has 1 fully saturated rings. The van der Waals surface area contributed by atoms with Gasteiger partial charge in [-0.15, -0.1) is 0 Å². The van der Waals surface area contributed by atoms with Crippen molar-refractivity contribution in [3.63, 3.8) is 0 Å². The summed E-state index contributed by atoms with van der Waals surface area (Å²) in [7, 11) is 4.84. The van der Waals surface area contributed by atoms with E-state index in [-0.39, 0.29) is 23.3 Å². The maximum Gasteiger partial charge on any atom is 0.332 e. The predicted molar refractivity (Wildman–Crippen MR) is 130 cm³/mol. The fourth-order valence-electron chi connectivity index (χ4n) is 4.58. The van der Waals surface area contributed by atoms with Gasteiger partial charge in [-0.3, -0.25) is 29.6 Å². The maximum atomic E-state index is 13.1. The number of nitrogens with one attached hydrogen (secondary N) is 2. The summed E-state index contributed by atoms with van der Waals surface area (Å²) in [6, 6.07) is 6.99. The molecule has 1 aromatic carbocycles. The number of aryl methyl sites for hydroxylation is 2. The van der Waals surface area contributed by atoms with Gasteiger partial charge in [0.15, 0.2) is 11.2 Å². The van der Waals surface area contributed by atoms with Crippen molar-refractivity contribution in [3.05, 3.63) is 62.8 Å². The Morgan fingerprint density at radius 2 is 1.89 bits per heavy atom. The maximum absolute atomic E-state index is 13.1. The van der Waals surface area contributed by atoms with Crippen LogP contribution in [0.2, 0.25) is 0 Å². The van der Waals surface area contributed by atoms with Crippen LogP contribution < -0.4 is 22.1 Å². The van der Waals surface area contributed by atoms with E-state index in [0.29, 0.717) is 43.1 Å². The molecular formula is C24H32FN7O3. The third-order valence-corrected chi connectivity index (χ3v) is 6.73. The molecule has 0 saturated carbocycles. The molecule has 3 heterocycles. The van der Waals surface area contributed by atoms with Gasteiger partial charge in [-0.05, 0) is 43.4 Å². The van der Waals surface area contributed by atoms with Crippen LogP contribution in [0.3, 0.4) is 0 Å². The molecule has 4 rings (SSSR count). The first-order chi connectivity index (χ1) is 16.8. The second-order valence-electron chi connectivity index (χ2n) is 9.20. The van der Waals surface area contributed by atoms with Crippen molar-refractivity contribution in [1.82, 2.24) is 34.4 Å². The zero-order valence-corrected chi connectivity index (χ0v) is 20.3. The molecule has 2 unspecified atom stereocenters. The topological polar surface area (TPSA) is 106 Å². The van der Waals surface area contributed by atoms with Crippen molar-refractivity contribution in [2.24, 2.45) is 14.1 Å². The average Bonchev–Trinajstić information content (AvgIpc) is 3.49. The van der Waals surface area contributed by atoms with Gasteiger partial charge in [-0.2, -0.15) is 0 Å². The number of rotatable bonds is 9. The summed E-state index contributed by atoms with van der Waals surface area (Å²) >= 11 is 0. The normalized spacial score (nSPS) is 17.8. The van der Waals surface area contributed by atoms with Gasteiger partial charge in [0.2, 0.25) is 5.91 Å². The fourth-order valence-corrected chi connectivity index (χ4v) is 4.58. The Kier molecular flexibility index (Phi) is 7.46. The molecule has 0 aliphatic carbocycles. The lowest BCUT2D eigenvalue weighted by Gasteiger charge is -2.18. The highest BCUT2D eigenvalue weighted by atomic mass is 19.1. The SMILES string of the molecule is CN(CCCC1CC(c2ccc(F)cc2)NN1)C(=O)CCCn1cnc2c1c(=O)n(C)c(=O)n2C. The highest BCUT2D eigenvalue weighted by molar-refractivity contribution is 5.75. The number of aromatic nitrogens is 4. The third-order valence-electron chi connectivity index (χ3n) is 6.73. The van der Waals surface area contributed by atoms with E-state index < -0.39 is 5.69 Å². The highest BCUT2D eigenvalue weighted by Crippen LogP contribution is 2.24. The van der Waals surface area contributed by atoms with Gasteiger partial charge in [0.05, 0.1) is 6.33 Å². The quantitative estimate of drug-likeness (QED) is 0.472. The Morgan fingerprint density at radius 1 is 1.14 bits per heavy atom. The first-order valence-electron chi connectivity index (χ1n) is 11.9. The molecule has 1 amide bonds. The van der Waals surface area contributed by atoms with Gasteiger partial charge < -0.3 is 9.47 Å². The van der Waals surface area contributed by atoms with Gasteiger partial charge >= 0.3 is 5.69 Å². The van der Waals surface area contributed by atoms with E-state index in [1.54, 1.807) is 35.0 Å². The van der Waals surface area contributed by atoms with Crippen LogP contribution >= 0.6 is 0 Å². The summed E-state index contributed by atoms with van der Waals surface area (Å²) in [5, 5.41) is 0. The lowest BCUT2D eigenvalue weighted by Crippen LogP contribution is -2.37. The lowest BCUT2D eigenvalue weighted by molar-refractivity contribution is -0.130. The lowest BCUT2D eigenvalue weighted by atomic mass is 9.99. The number of imidazole rings is 1. The largest absolute Gasteiger partial charge is 0.346 e. The van der Waals surface area contributed by atoms with Crippen LogP contribution in [0, 0.1) is 5.82 Å². The number of hydrogen-bond acceptors (Lipinski definition) is 6. The summed E-state index contributed by atoms with van der Waals surface area (Å²) in [5.74, 6) is -0.185. The molecule has 1 aliphatic heterocycles. The summed E-state index contributed by atoms with van der Waals surface area (Å²) in [6.07, 6.45) is 5.17. The van der Waals surface area contributed by atoms with E-state index in [0.717, 1.165) is 29.4 Å². The number of nitrogens with zero attached hydrogens (tertiary/aromatic N) is 5. The first kappa shape index (κ1) is 24.8. The number of carbonyl (C=O) groups excluding carboxylic acids is 1. The Bertz CT molecular complexity index is 1310. The number of hydrazine groups is 1. The van der Waals surface area contributed by atoms with Crippen molar-refractivity contribution < 1.29 is 9.18 Å². The van der Waals surface area contributed by atoms with Gasteiger partial charge in [0.25, 0.3) is 5.56 Å². The number of halogens is 1. The molecule has 1 saturated heterocycles. The van der Waals surface area contributed by atoms with E-state index in [1.807, 2.05) is 7.05 Å². The minimum absolute atomic E-state index is 0.0522. The molecule has 2 aromatic heterocycles. The monoisotopic (exact) mass is 485 g/mol. The van der Waals surface area contributed by atoms with E-state index in [4.69, 9.17) is 0 Å². The van der Waals surface area contributed by atoms with Crippen molar-refractivity contribution in [2.45, 2.75) is 50.7 Å². The van der Waals surface area contributed by atoms with E-state index in [1.165, 1.54) is 23.7 Å². The van der Waals surface area contributed by atoms with Crippen molar-refractivity contribution in [2.75, 3.05) is 13.6 Å². The van der Waals surface area contributed by atoms with Gasteiger partial charge in [-0.1, -0.05) is 12.1 Å². The summed E-state index contributed by atoms with van der Waals surface area (Å²) in [5.41, 5.74) is 7.53. The van der Waals surface area contributed by atoms with Crippen molar-refractivity contribution in [3.8, 4) is 0 Å². The number of benzene rings is 1. The third kappa shape index (κ3) is 5.35. The molecule has 11 heteroatoms. The van der Waals surface area contributed by atoms with Crippen LogP contribution in [0.5, 0.6) is 0 Å². The van der Waals surface area contributed by atoms with E-state index in [9.17, 15) is 18.8 Å². The second-order valence-corrected chi connectivity index (χ2v) is 9.20. The van der Waals surface area contributed by atoms with Crippen LogP contribution in [-0.2, 0) is 25.4 Å². The Hall–Kier alpha value is -3.31. The Balaban J connectivity index is 1.21.